The van der Waals surface area contributed by atoms with E-state index in [9.17, 15) is 9.59 Å². The van der Waals surface area contributed by atoms with Crippen molar-refractivity contribution < 1.29 is 4.79 Å². The summed E-state index contributed by atoms with van der Waals surface area (Å²) in [5.41, 5.74) is 7.36. The second-order valence-electron chi connectivity index (χ2n) is 7.12. The molecule has 2 aromatic rings. The Labute approximate surface area is 158 Å². The Balaban J connectivity index is 0.00000156. The predicted molar refractivity (Wildman–Crippen MR) is 103 cm³/mol. The monoisotopic (exact) mass is 389 g/mol. The summed E-state index contributed by atoms with van der Waals surface area (Å²) in [5, 5.41) is 3.03. The van der Waals surface area contributed by atoms with Crippen LogP contribution in [-0.2, 0) is 7.05 Å². The van der Waals surface area contributed by atoms with E-state index in [1.165, 1.54) is 0 Å². The first-order valence-corrected chi connectivity index (χ1v) is 7.82. The molecule has 7 nitrogen and oxygen atoms in total. The predicted octanol–water partition coefficient (Wildman–Crippen LogP) is 1.61. The second-order valence-corrected chi connectivity index (χ2v) is 7.12. The molecule has 0 aromatic carbocycles. The molecule has 9 heteroatoms. The zero-order valence-electron chi connectivity index (χ0n) is 14.8. The first-order chi connectivity index (χ1) is 10.7. The number of aromatic amines is 1. The van der Waals surface area contributed by atoms with Crippen LogP contribution in [0.5, 0.6) is 0 Å². The lowest BCUT2D eigenvalue weighted by Crippen LogP contribution is -2.54. The summed E-state index contributed by atoms with van der Waals surface area (Å²) in [7, 11) is 1.72. The van der Waals surface area contributed by atoms with Crippen molar-refractivity contribution in [3.05, 3.63) is 27.7 Å². The molecule has 1 unspecified atom stereocenters. The van der Waals surface area contributed by atoms with Gasteiger partial charge in [0.25, 0.3) is 11.5 Å². The number of carbonyl (C=O) groups is 1. The molecule has 1 aliphatic rings. The number of halogens is 2. The molecule has 0 spiro atoms. The van der Waals surface area contributed by atoms with Gasteiger partial charge in [0.1, 0.15) is 0 Å². The Kier molecular flexibility index (Phi) is 6.32. The van der Waals surface area contributed by atoms with Crippen molar-refractivity contribution in [1.82, 2.24) is 19.7 Å². The molecule has 1 fully saturated rings. The van der Waals surface area contributed by atoms with E-state index in [1.54, 1.807) is 22.7 Å². The maximum Gasteiger partial charge on any atom is 0.274 e. The van der Waals surface area contributed by atoms with Crippen molar-refractivity contribution in [2.24, 2.45) is 18.2 Å². The zero-order chi connectivity index (χ0) is 16.9. The van der Waals surface area contributed by atoms with E-state index in [0.29, 0.717) is 35.4 Å². The van der Waals surface area contributed by atoms with Crippen LogP contribution < -0.4 is 11.3 Å². The molecule has 0 bridgehead atoms. The summed E-state index contributed by atoms with van der Waals surface area (Å²) in [6.45, 7) is 7.15. The lowest BCUT2D eigenvalue weighted by Gasteiger charge is -2.42. The number of likely N-dealkylation sites (tertiary alicyclic amines) is 1. The van der Waals surface area contributed by atoms with E-state index in [2.05, 4.69) is 23.9 Å². The van der Waals surface area contributed by atoms with Crippen LogP contribution in [0.25, 0.3) is 11.0 Å². The number of amides is 1. The number of carbonyl (C=O) groups excluding carboxylic acids is 1. The molecule has 1 amide bonds. The topological polar surface area (TPSA) is 97.0 Å². The minimum absolute atomic E-state index is 0. The number of nitrogens with two attached hydrogens (primary N) is 1. The quantitative estimate of drug-likeness (QED) is 0.773. The summed E-state index contributed by atoms with van der Waals surface area (Å²) in [5.74, 6) is -0.128. The van der Waals surface area contributed by atoms with Crippen molar-refractivity contribution in [2.45, 2.75) is 33.2 Å². The Morgan fingerprint density at radius 3 is 2.64 bits per heavy atom. The fraction of sp³-hybridized carbons (Fsp3) is 0.562. The molecule has 1 atom stereocenters. The number of rotatable bonds is 1. The Morgan fingerprint density at radius 1 is 1.40 bits per heavy atom. The molecule has 0 aliphatic carbocycles. The van der Waals surface area contributed by atoms with Gasteiger partial charge in [0.15, 0.2) is 5.65 Å². The van der Waals surface area contributed by atoms with Gasteiger partial charge in [-0.15, -0.1) is 24.8 Å². The molecule has 25 heavy (non-hydrogen) atoms. The maximum absolute atomic E-state index is 13.0. The number of H-pyrrole nitrogens is 1. The number of aromatic nitrogens is 3. The zero-order valence-corrected chi connectivity index (χ0v) is 16.5. The van der Waals surface area contributed by atoms with E-state index in [4.69, 9.17) is 5.73 Å². The van der Waals surface area contributed by atoms with Gasteiger partial charge in [-0.05, 0) is 24.8 Å². The van der Waals surface area contributed by atoms with Gasteiger partial charge < -0.3 is 10.6 Å². The minimum atomic E-state index is -0.286. The van der Waals surface area contributed by atoms with Crippen LogP contribution in [0.3, 0.4) is 0 Å². The number of nitrogens with one attached hydrogen (secondary N) is 1. The van der Waals surface area contributed by atoms with Gasteiger partial charge in [-0.2, -0.15) is 0 Å². The second kappa shape index (κ2) is 7.35. The van der Waals surface area contributed by atoms with Crippen molar-refractivity contribution in [3.63, 3.8) is 0 Å². The van der Waals surface area contributed by atoms with E-state index < -0.39 is 0 Å². The maximum atomic E-state index is 13.0. The van der Waals surface area contributed by atoms with Crippen LogP contribution in [0, 0.1) is 12.3 Å². The third-order valence-electron chi connectivity index (χ3n) is 4.77. The van der Waals surface area contributed by atoms with Gasteiger partial charge in [0.05, 0.1) is 10.9 Å². The average Bonchev–Trinajstić information content (AvgIpc) is 2.75. The SMILES string of the molecule is Cc1cc(C(=O)N2CCC(N)C(C)(C)C2)c2c(=O)[nH]n(C)c2n1.Cl.Cl. The summed E-state index contributed by atoms with van der Waals surface area (Å²) in [6.07, 6.45) is 0.761. The molecule has 0 saturated carbocycles. The molecule has 3 heterocycles. The Morgan fingerprint density at radius 2 is 2.04 bits per heavy atom. The third kappa shape index (κ3) is 3.68. The fourth-order valence-electron chi connectivity index (χ4n) is 3.27. The normalized spacial score (nSPS) is 19.2. The largest absolute Gasteiger partial charge is 0.338 e. The molecular weight excluding hydrogens is 365 g/mol. The average molecular weight is 390 g/mol. The first kappa shape index (κ1) is 21.5. The molecule has 0 radical (unpaired) electrons. The van der Waals surface area contributed by atoms with Crippen LogP contribution >= 0.6 is 24.8 Å². The fourth-order valence-corrected chi connectivity index (χ4v) is 3.27. The highest BCUT2D eigenvalue weighted by atomic mass is 35.5. The van der Waals surface area contributed by atoms with Crippen LogP contribution in [-0.4, -0.2) is 44.7 Å². The van der Waals surface area contributed by atoms with Crippen molar-refractivity contribution >= 4 is 41.8 Å². The van der Waals surface area contributed by atoms with Crippen LogP contribution in [0.4, 0.5) is 0 Å². The number of hydrogen-bond donors (Lipinski definition) is 2. The first-order valence-electron chi connectivity index (χ1n) is 7.82. The number of hydrogen-bond acceptors (Lipinski definition) is 4. The van der Waals surface area contributed by atoms with E-state index in [0.717, 1.165) is 6.42 Å². The molecule has 2 aromatic heterocycles. The number of pyridine rings is 1. The van der Waals surface area contributed by atoms with Gasteiger partial charge >= 0.3 is 0 Å². The molecule has 3 N–H and O–H groups in total. The van der Waals surface area contributed by atoms with Crippen LogP contribution in [0.1, 0.15) is 36.3 Å². The smallest absolute Gasteiger partial charge is 0.274 e. The number of aryl methyl sites for hydroxylation is 2. The van der Waals surface area contributed by atoms with E-state index in [1.807, 2.05) is 6.92 Å². The van der Waals surface area contributed by atoms with Gasteiger partial charge in [-0.3, -0.25) is 19.4 Å². The van der Waals surface area contributed by atoms with E-state index >= 15 is 0 Å². The molecule has 3 rings (SSSR count). The van der Waals surface area contributed by atoms with Gasteiger partial charge in [0, 0.05) is 31.9 Å². The Hall–Kier alpha value is -1.57. The van der Waals surface area contributed by atoms with Gasteiger partial charge in [0.2, 0.25) is 0 Å². The van der Waals surface area contributed by atoms with Gasteiger partial charge in [-0.25, -0.2) is 4.98 Å². The lowest BCUT2D eigenvalue weighted by atomic mass is 9.79. The highest BCUT2D eigenvalue weighted by molar-refractivity contribution is 6.05. The van der Waals surface area contributed by atoms with Crippen molar-refractivity contribution in [2.75, 3.05) is 13.1 Å². The van der Waals surface area contributed by atoms with Crippen LogP contribution in [0.15, 0.2) is 10.9 Å². The Bertz CT molecular complexity index is 843. The molecule has 140 valence electrons. The van der Waals surface area contributed by atoms with E-state index in [-0.39, 0.29) is 47.7 Å². The minimum Gasteiger partial charge on any atom is -0.338 e. The summed E-state index contributed by atoms with van der Waals surface area (Å²) in [6, 6.07) is 1.77. The number of fused-ring (bicyclic) bond motifs is 1. The lowest BCUT2D eigenvalue weighted by molar-refractivity contribution is 0.0534. The highest BCUT2D eigenvalue weighted by Gasteiger charge is 2.36. The summed E-state index contributed by atoms with van der Waals surface area (Å²) in [4.78, 5) is 31.4. The van der Waals surface area contributed by atoms with Crippen LogP contribution in [0.2, 0.25) is 0 Å². The standard InChI is InChI=1S/C16H23N5O2.2ClH/c1-9-7-10(12-13(18-9)20(4)19-14(12)22)15(23)21-6-5-11(17)16(2,3)8-21;;/h7,11H,5-6,8,17H2,1-4H3,(H,19,22);2*1H. The van der Waals surface area contributed by atoms with Crippen molar-refractivity contribution in [1.29, 1.82) is 0 Å². The third-order valence-corrected chi connectivity index (χ3v) is 4.77. The number of nitrogens with zero attached hydrogens (tertiary/aromatic N) is 3. The number of piperidine rings is 1. The molecule has 1 saturated heterocycles. The summed E-state index contributed by atoms with van der Waals surface area (Å²) >= 11 is 0. The van der Waals surface area contributed by atoms with Crippen molar-refractivity contribution in [3.8, 4) is 0 Å². The molecule has 1 aliphatic heterocycles. The highest BCUT2D eigenvalue weighted by Crippen LogP contribution is 2.29. The van der Waals surface area contributed by atoms with Gasteiger partial charge in [-0.1, -0.05) is 13.8 Å². The summed E-state index contributed by atoms with van der Waals surface area (Å²) < 4.78 is 1.55. The molecular formula is C16H25Cl2N5O2.